The summed E-state index contributed by atoms with van der Waals surface area (Å²) in [6, 6.07) is 0. The van der Waals surface area contributed by atoms with E-state index in [1.54, 1.807) is 0 Å². The van der Waals surface area contributed by atoms with Gasteiger partial charge in [0.15, 0.2) is 0 Å². The van der Waals surface area contributed by atoms with Crippen LogP contribution in [0.25, 0.3) is 0 Å². The molecule has 0 spiro atoms. The molecule has 1 amide bonds. The fourth-order valence-corrected chi connectivity index (χ4v) is 0. The standard InChI is InChI=1S/C3H5NO.2C3H4O2.2CH4/c3*1-2-3(4)5;;/h2H,1H2,(H2,4,5);2*2H,1H2,(H,4,5);2*1H4. The molecule has 0 heterocycles. The Hall–Kier alpha value is -2.37. The van der Waals surface area contributed by atoms with Crippen LogP contribution in [-0.4, -0.2) is 28.1 Å². The van der Waals surface area contributed by atoms with Gasteiger partial charge < -0.3 is 15.9 Å². The molecular weight excluding hydrogens is 226 g/mol. The highest BCUT2D eigenvalue weighted by Gasteiger charge is 1.73. The van der Waals surface area contributed by atoms with Crippen LogP contribution in [0.4, 0.5) is 0 Å². The lowest BCUT2D eigenvalue weighted by atomic mass is 10.6. The molecule has 6 nitrogen and oxygen atoms in total. The normalized spacial score (nSPS) is 5.65. The maximum atomic E-state index is 9.47. The fraction of sp³-hybridized carbons (Fsp3) is 0.182. The van der Waals surface area contributed by atoms with Crippen molar-refractivity contribution >= 4 is 17.8 Å². The Labute approximate surface area is 102 Å². The predicted molar refractivity (Wildman–Crippen MR) is 68.5 cm³/mol. The lowest BCUT2D eigenvalue weighted by Crippen LogP contribution is -2.04. The highest BCUT2D eigenvalue weighted by Crippen LogP contribution is 1.55. The number of carbonyl (C=O) groups is 3. The van der Waals surface area contributed by atoms with Gasteiger partial charge >= 0.3 is 11.9 Å². The minimum absolute atomic E-state index is 0. The Kier molecular flexibility index (Phi) is 40.4. The molecule has 0 aromatic heterocycles. The lowest BCUT2D eigenvalue weighted by Gasteiger charge is -1.65. The van der Waals surface area contributed by atoms with Crippen molar-refractivity contribution in [3.63, 3.8) is 0 Å². The van der Waals surface area contributed by atoms with Crippen LogP contribution in [0, 0.1) is 0 Å². The summed E-state index contributed by atoms with van der Waals surface area (Å²) in [4.78, 5) is 28.0. The van der Waals surface area contributed by atoms with Crippen molar-refractivity contribution in [3.8, 4) is 0 Å². The monoisotopic (exact) mass is 247 g/mol. The Morgan fingerprint density at radius 3 is 0.941 bits per heavy atom. The van der Waals surface area contributed by atoms with Crippen molar-refractivity contribution < 1.29 is 24.6 Å². The van der Waals surface area contributed by atoms with Gasteiger partial charge in [0.2, 0.25) is 5.91 Å². The van der Waals surface area contributed by atoms with E-state index in [1.807, 2.05) is 0 Å². The van der Waals surface area contributed by atoms with Gasteiger partial charge in [-0.3, -0.25) is 4.79 Å². The van der Waals surface area contributed by atoms with E-state index in [9.17, 15) is 14.4 Å². The number of aliphatic carboxylic acids is 2. The maximum Gasteiger partial charge on any atom is 0.327 e. The second-order valence-electron chi connectivity index (χ2n) is 1.69. The topological polar surface area (TPSA) is 118 Å². The molecule has 0 saturated carbocycles. The zero-order valence-electron chi connectivity index (χ0n) is 8.05. The van der Waals surface area contributed by atoms with Crippen LogP contribution < -0.4 is 5.73 Å². The van der Waals surface area contributed by atoms with Gasteiger partial charge in [-0.1, -0.05) is 34.6 Å². The summed E-state index contributed by atoms with van der Waals surface area (Å²) in [5.74, 6) is -2.44. The largest absolute Gasteiger partial charge is 0.478 e. The molecule has 0 aliphatic rings. The van der Waals surface area contributed by atoms with E-state index in [2.05, 4.69) is 25.5 Å². The summed E-state index contributed by atoms with van der Waals surface area (Å²) in [5, 5.41) is 15.2. The van der Waals surface area contributed by atoms with E-state index in [4.69, 9.17) is 10.2 Å². The number of carbonyl (C=O) groups excluding carboxylic acids is 1. The van der Waals surface area contributed by atoms with Gasteiger partial charge in [-0.05, 0) is 6.08 Å². The highest BCUT2D eigenvalue weighted by molar-refractivity contribution is 5.85. The second-order valence-corrected chi connectivity index (χ2v) is 1.69. The van der Waals surface area contributed by atoms with E-state index in [0.29, 0.717) is 0 Å². The number of hydrogen-bond acceptors (Lipinski definition) is 3. The highest BCUT2D eigenvalue weighted by atomic mass is 16.4. The summed E-state index contributed by atoms with van der Waals surface area (Å²) in [5.41, 5.74) is 4.53. The van der Waals surface area contributed by atoms with Gasteiger partial charge in [0.05, 0.1) is 0 Å². The van der Waals surface area contributed by atoms with Crippen LogP contribution >= 0.6 is 0 Å². The zero-order valence-corrected chi connectivity index (χ0v) is 8.05. The van der Waals surface area contributed by atoms with Crippen LogP contribution in [0.2, 0.25) is 0 Å². The van der Waals surface area contributed by atoms with E-state index in [-0.39, 0.29) is 14.9 Å². The molecule has 0 fully saturated rings. The van der Waals surface area contributed by atoms with E-state index in [1.165, 1.54) is 0 Å². The Bertz CT molecular complexity index is 216. The van der Waals surface area contributed by atoms with Gasteiger partial charge in [-0.25, -0.2) is 9.59 Å². The average molecular weight is 247 g/mol. The van der Waals surface area contributed by atoms with Gasteiger partial charge in [0, 0.05) is 12.2 Å². The first kappa shape index (κ1) is 29.3. The minimum atomic E-state index is -0.981. The first-order valence-electron chi connectivity index (χ1n) is 3.44. The smallest absolute Gasteiger partial charge is 0.327 e. The number of amides is 1. The molecule has 100 valence electrons. The molecule has 0 rings (SSSR count). The van der Waals surface area contributed by atoms with Crippen LogP contribution in [0.5, 0.6) is 0 Å². The van der Waals surface area contributed by atoms with Gasteiger partial charge in [0.25, 0.3) is 0 Å². The third-order valence-electron chi connectivity index (χ3n) is 0.550. The van der Waals surface area contributed by atoms with Crippen molar-refractivity contribution in [2.75, 3.05) is 0 Å². The SMILES string of the molecule is C.C.C=CC(=O)O.C=CC(=O)O.C=CC(N)=O. The average Bonchev–Trinajstić information content (AvgIpc) is 2.19. The molecule has 6 heteroatoms. The van der Waals surface area contributed by atoms with Crippen molar-refractivity contribution in [1.29, 1.82) is 0 Å². The third kappa shape index (κ3) is 140. The fourth-order valence-electron chi connectivity index (χ4n) is 0. The van der Waals surface area contributed by atoms with E-state index < -0.39 is 17.8 Å². The van der Waals surface area contributed by atoms with Gasteiger partial charge in [-0.15, -0.1) is 0 Å². The number of primary amides is 1. The lowest BCUT2D eigenvalue weighted by molar-refractivity contribution is -0.132. The van der Waals surface area contributed by atoms with Crippen molar-refractivity contribution in [3.05, 3.63) is 38.0 Å². The number of carboxylic acid groups (broad SMARTS) is 2. The molecule has 0 radical (unpaired) electrons. The van der Waals surface area contributed by atoms with Crippen molar-refractivity contribution in [2.24, 2.45) is 5.73 Å². The first-order chi connectivity index (χ1) is 6.81. The number of hydrogen-bond donors (Lipinski definition) is 3. The van der Waals surface area contributed by atoms with E-state index >= 15 is 0 Å². The summed E-state index contributed by atoms with van der Waals surface area (Å²) in [6.07, 6.45) is 2.72. The molecule has 4 N–H and O–H groups in total. The number of nitrogens with two attached hydrogens (primary N) is 1. The van der Waals surface area contributed by atoms with Crippen molar-refractivity contribution in [1.82, 2.24) is 0 Å². The number of carboxylic acids is 2. The summed E-state index contributed by atoms with van der Waals surface area (Å²) >= 11 is 0. The van der Waals surface area contributed by atoms with Gasteiger partial charge in [-0.2, -0.15) is 0 Å². The van der Waals surface area contributed by atoms with Crippen LogP contribution in [0.3, 0.4) is 0 Å². The number of rotatable bonds is 3. The quantitative estimate of drug-likeness (QED) is 0.652. The third-order valence-corrected chi connectivity index (χ3v) is 0.550. The minimum Gasteiger partial charge on any atom is -0.478 e. The first-order valence-corrected chi connectivity index (χ1v) is 3.44. The zero-order chi connectivity index (χ0) is 12.9. The molecule has 0 saturated heterocycles. The van der Waals surface area contributed by atoms with E-state index in [0.717, 1.165) is 18.2 Å². The Balaban J connectivity index is -0.0000000400. The molecule has 17 heavy (non-hydrogen) atoms. The summed E-state index contributed by atoms with van der Waals surface area (Å²) in [6.45, 7) is 9.01. The predicted octanol–water partition coefficient (Wildman–Crippen LogP) is 1.44. The molecule has 0 atom stereocenters. The molecule has 0 aliphatic carbocycles. The van der Waals surface area contributed by atoms with Crippen LogP contribution in [0.15, 0.2) is 38.0 Å². The molecule has 0 aliphatic heterocycles. The summed E-state index contributed by atoms with van der Waals surface area (Å²) in [7, 11) is 0. The molecule has 0 aromatic carbocycles. The molecular formula is C11H21NO5. The molecule has 0 unspecified atom stereocenters. The Morgan fingerprint density at radius 1 is 0.824 bits per heavy atom. The summed E-state index contributed by atoms with van der Waals surface area (Å²) < 4.78 is 0. The molecule has 0 aromatic rings. The Morgan fingerprint density at radius 2 is 0.941 bits per heavy atom. The second kappa shape index (κ2) is 23.4. The van der Waals surface area contributed by atoms with Gasteiger partial charge in [0.1, 0.15) is 0 Å². The van der Waals surface area contributed by atoms with Crippen LogP contribution in [-0.2, 0) is 14.4 Å². The van der Waals surface area contributed by atoms with Crippen LogP contribution in [0.1, 0.15) is 14.9 Å². The maximum absolute atomic E-state index is 9.47. The van der Waals surface area contributed by atoms with Crippen molar-refractivity contribution in [2.45, 2.75) is 14.9 Å². The molecule has 0 bridgehead atoms.